The molecule has 0 unspecified atom stereocenters. The van der Waals surface area contributed by atoms with Gasteiger partial charge in [0.05, 0.1) is 0 Å². The van der Waals surface area contributed by atoms with Gasteiger partial charge in [0.15, 0.2) is 5.82 Å². The molecule has 2 heterocycles. The van der Waals surface area contributed by atoms with E-state index in [0.29, 0.717) is 5.92 Å². The molecule has 3 rings (SSSR count). The molecule has 5 nitrogen and oxygen atoms in total. The van der Waals surface area contributed by atoms with E-state index in [0.717, 1.165) is 34.3 Å². The Kier molecular flexibility index (Phi) is 3.40. The smallest absolute Gasteiger partial charge is 0.234 e. The number of nitrogen functional groups attached to an aromatic ring is 1. The number of nitrogens with zero attached hydrogens (tertiary/aromatic N) is 4. The monoisotopic (exact) mass is 287 g/mol. The third-order valence-electron chi connectivity index (χ3n) is 3.24. The van der Waals surface area contributed by atoms with Crippen molar-refractivity contribution in [3.05, 3.63) is 40.7 Å². The molecule has 0 bridgehead atoms. The minimum Gasteiger partial charge on any atom is -0.399 e. The zero-order chi connectivity index (χ0) is 14.1. The van der Waals surface area contributed by atoms with Gasteiger partial charge in [0.1, 0.15) is 5.01 Å². The van der Waals surface area contributed by atoms with Crippen molar-refractivity contribution >= 4 is 22.0 Å². The van der Waals surface area contributed by atoms with E-state index < -0.39 is 0 Å². The van der Waals surface area contributed by atoms with Crippen LogP contribution < -0.4 is 5.73 Å². The van der Waals surface area contributed by atoms with Gasteiger partial charge >= 0.3 is 0 Å². The van der Waals surface area contributed by atoms with Crippen LogP contribution in [0.15, 0.2) is 24.3 Å². The van der Waals surface area contributed by atoms with E-state index >= 15 is 0 Å². The molecule has 0 aliphatic heterocycles. The number of hydrogen-bond acceptors (Lipinski definition) is 5. The largest absolute Gasteiger partial charge is 0.399 e. The van der Waals surface area contributed by atoms with Crippen LogP contribution in [-0.4, -0.2) is 19.8 Å². The average molecular weight is 287 g/mol. The fraction of sp³-hybridized carbons (Fsp3) is 0.357. The molecule has 6 heteroatoms. The molecule has 0 aliphatic rings. The van der Waals surface area contributed by atoms with E-state index in [1.807, 2.05) is 22.7 Å². The fourth-order valence-electron chi connectivity index (χ4n) is 2.14. The summed E-state index contributed by atoms with van der Waals surface area (Å²) in [7, 11) is 0. The van der Waals surface area contributed by atoms with E-state index in [9.17, 15) is 0 Å². The van der Waals surface area contributed by atoms with Crippen molar-refractivity contribution in [1.29, 1.82) is 0 Å². The summed E-state index contributed by atoms with van der Waals surface area (Å²) in [6.45, 7) is 4.19. The number of anilines is 1. The third kappa shape index (κ3) is 2.38. The summed E-state index contributed by atoms with van der Waals surface area (Å²) in [6.07, 6.45) is 1.77. The molecule has 0 amide bonds. The van der Waals surface area contributed by atoms with Crippen LogP contribution >= 0.6 is 11.3 Å². The molecule has 3 aromatic rings. The maximum atomic E-state index is 5.96. The molecule has 0 radical (unpaired) electrons. The lowest BCUT2D eigenvalue weighted by Crippen LogP contribution is -2.00. The van der Waals surface area contributed by atoms with Crippen LogP contribution in [0.25, 0.3) is 4.96 Å². The second kappa shape index (κ2) is 5.20. The Morgan fingerprint density at radius 1 is 1.20 bits per heavy atom. The number of aryl methyl sites for hydroxylation is 2. The molecular weight excluding hydrogens is 270 g/mol. The standard InChI is InChI=1S/C14H17N5S/c1-9(2)13-16-17-14-19(13)18-12(20-14)8-7-10-5-3-4-6-11(10)15/h3-6,9H,7-8,15H2,1-2H3. The van der Waals surface area contributed by atoms with Crippen LogP contribution in [0.4, 0.5) is 5.69 Å². The van der Waals surface area contributed by atoms with Gasteiger partial charge in [-0.25, -0.2) is 0 Å². The lowest BCUT2D eigenvalue weighted by molar-refractivity contribution is 0.715. The minimum atomic E-state index is 0.324. The molecule has 0 fully saturated rings. The first-order chi connectivity index (χ1) is 9.65. The summed E-state index contributed by atoms with van der Waals surface area (Å²) in [6, 6.07) is 7.97. The van der Waals surface area contributed by atoms with Crippen LogP contribution in [0.5, 0.6) is 0 Å². The summed E-state index contributed by atoms with van der Waals surface area (Å²) in [5.41, 5.74) is 7.97. The molecule has 104 valence electrons. The van der Waals surface area contributed by atoms with Gasteiger partial charge in [0.2, 0.25) is 4.96 Å². The van der Waals surface area contributed by atoms with Crippen molar-refractivity contribution in [3.8, 4) is 0 Å². The van der Waals surface area contributed by atoms with Gasteiger partial charge in [0.25, 0.3) is 0 Å². The van der Waals surface area contributed by atoms with Gasteiger partial charge in [-0.1, -0.05) is 43.4 Å². The number of fused-ring (bicyclic) bond motifs is 1. The van der Waals surface area contributed by atoms with Crippen molar-refractivity contribution in [3.63, 3.8) is 0 Å². The van der Waals surface area contributed by atoms with Gasteiger partial charge in [0, 0.05) is 18.0 Å². The van der Waals surface area contributed by atoms with Crippen LogP contribution in [0.1, 0.15) is 36.2 Å². The van der Waals surface area contributed by atoms with E-state index in [-0.39, 0.29) is 0 Å². The molecule has 0 spiro atoms. The van der Waals surface area contributed by atoms with Crippen LogP contribution in [0.3, 0.4) is 0 Å². The van der Waals surface area contributed by atoms with Crippen molar-refractivity contribution in [1.82, 2.24) is 19.8 Å². The maximum absolute atomic E-state index is 5.96. The Morgan fingerprint density at radius 2 is 2.00 bits per heavy atom. The fourth-order valence-corrected chi connectivity index (χ4v) is 2.98. The minimum absolute atomic E-state index is 0.324. The summed E-state index contributed by atoms with van der Waals surface area (Å²) in [5, 5.41) is 14.0. The highest BCUT2D eigenvalue weighted by Gasteiger charge is 2.14. The van der Waals surface area contributed by atoms with Gasteiger partial charge in [-0.05, 0) is 18.1 Å². The van der Waals surface area contributed by atoms with Crippen molar-refractivity contribution in [2.45, 2.75) is 32.6 Å². The number of nitrogens with two attached hydrogens (primary N) is 1. The van der Waals surface area contributed by atoms with E-state index in [1.165, 1.54) is 5.56 Å². The zero-order valence-corrected chi connectivity index (χ0v) is 12.4. The van der Waals surface area contributed by atoms with Crippen LogP contribution in [0.2, 0.25) is 0 Å². The van der Waals surface area contributed by atoms with Gasteiger partial charge in [-0.3, -0.25) is 0 Å². The highest BCUT2D eigenvalue weighted by atomic mass is 32.1. The predicted molar refractivity (Wildman–Crippen MR) is 81.0 cm³/mol. The molecule has 1 aromatic carbocycles. The predicted octanol–water partition coefficient (Wildman–Crippen LogP) is 2.68. The highest BCUT2D eigenvalue weighted by Crippen LogP contribution is 2.20. The first-order valence-electron chi connectivity index (χ1n) is 6.69. The SMILES string of the molecule is CC(C)c1nnc2sc(CCc3ccccc3N)nn12. The molecular formula is C14H17N5S. The zero-order valence-electron chi connectivity index (χ0n) is 11.6. The van der Waals surface area contributed by atoms with E-state index in [2.05, 4.69) is 35.2 Å². The first kappa shape index (κ1) is 13.1. The molecule has 0 saturated heterocycles. The lowest BCUT2D eigenvalue weighted by Gasteiger charge is -2.03. The molecule has 0 saturated carbocycles. The van der Waals surface area contributed by atoms with E-state index in [1.54, 1.807) is 11.3 Å². The van der Waals surface area contributed by atoms with Gasteiger partial charge in [-0.2, -0.15) is 9.61 Å². The number of aromatic nitrogens is 4. The molecule has 2 aromatic heterocycles. The number of hydrogen-bond donors (Lipinski definition) is 1. The summed E-state index contributed by atoms with van der Waals surface area (Å²) >= 11 is 1.60. The third-order valence-corrected chi connectivity index (χ3v) is 4.20. The van der Waals surface area contributed by atoms with Gasteiger partial charge in [-0.15, -0.1) is 10.2 Å². The van der Waals surface area contributed by atoms with Crippen molar-refractivity contribution in [2.24, 2.45) is 0 Å². The topological polar surface area (TPSA) is 69.1 Å². The van der Waals surface area contributed by atoms with E-state index in [4.69, 9.17) is 5.73 Å². The van der Waals surface area contributed by atoms with Crippen molar-refractivity contribution < 1.29 is 0 Å². The summed E-state index contributed by atoms with van der Waals surface area (Å²) < 4.78 is 1.86. The molecule has 20 heavy (non-hydrogen) atoms. The lowest BCUT2D eigenvalue weighted by atomic mass is 10.1. The maximum Gasteiger partial charge on any atom is 0.234 e. The molecule has 0 aliphatic carbocycles. The first-order valence-corrected chi connectivity index (χ1v) is 7.51. The Balaban J connectivity index is 1.80. The Labute approximate surface area is 121 Å². The quantitative estimate of drug-likeness (QED) is 0.749. The number of para-hydroxylation sites is 1. The molecule has 0 atom stereocenters. The Hall–Kier alpha value is -1.95. The Morgan fingerprint density at radius 3 is 2.75 bits per heavy atom. The van der Waals surface area contributed by atoms with Crippen molar-refractivity contribution in [2.75, 3.05) is 5.73 Å². The van der Waals surface area contributed by atoms with Crippen LogP contribution in [0, 0.1) is 0 Å². The average Bonchev–Trinajstić information content (AvgIpc) is 2.96. The Bertz CT molecular complexity index is 728. The normalized spacial score (nSPS) is 11.6. The summed E-state index contributed by atoms with van der Waals surface area (Å²) in [4.78, 5) is 0.865. The number of rotatable bonds is 4. The van der Waals surface area contributed by atoms with Crippen LogP contribution in [-0.2, 0) is 12.8 Å². The summed E-state index contributed by atoms with van der Waals surface area (Å²) in [5.74, 6) is 1.24. The van der Waals surface area contributed by atoms with Gasteiger partial charge < -0.3 is 5.73 Å². The number of benzene rings is 1. The highest BCUT2D eigenvalue weighted by molar-refractivity contribution is 7.16. The second-order valence-corrected chi connectivity index (χ2v) is 6.14. The second-order valence-electron chi connectivity index (χ2n) is 5.10. The molecule has 2 N–H and O–H groups in total.